The molecule has 0 radical (unpaired) electrons. The van der Waals surface area contributed by atoms with Gasteiger partial charge in [0.05, 0.1) is 28.0 Å². The van der Waals surface area contributed by atoms with E-state index in [0.717, 1.165) is 41.7 Å². The largest absolute Gasteiger partial charge is 0.481 e. The first-order chi connectivity index (χ1) is 14.4. The molecule has 160 valence electrons. The fourth-order valence-electron chi connectivity index (χ4n) is 3.23. The Morgan fingerprint density at radius 3 is 2.60 bits per heavy atom. The number of hydrogen-bond donors (Lipinski definition) is 3. The standard InChI is InChI=1S/C19H23N5O4S2/c1-12(25)22-15-7-6-14(8-20-15)24(10-13-4-2-3-5-13)19(28)23-18-21-9-17(30-18)29-11-16(26)27/h6-9,13H,2-5,10-11H2,1H3,(H,26,27)(H,20,22,25)(H,21,23,28). The minimum atomic E-state index is -0.906. The summed E-state index contributed by atoms with van der Waals surface area (Å²) in [5, 5.41) is 14.6. The first-order valence-corrected chi connectivity index (χ1v) is 11.3. The summed E-state index contributed by atoms with van der Waals surface area (Å²) in [5.74, 6) is -0.334. The lowest BCUT2D eigenvalue weighted by atomic mass is 10.1. The van der Waals surface area contributed by atoms with Gasteiger partial charge in [-0.3, -0.25) is 19.8 Å². The number of nitrogens with one attached hydrogen (secondary N) is 2. The average Bonchev–Trinajstić information content (AvgIpc) is 3.36. The number of pyridine rings is 1. The number of nitrogens with zero attached hydrogens (tertiary/aromatic N) is 3. The van der Waals surface area contributed by atoms with Crippen molar-refractivity contribution in [3.8, 4) is 0 Å². The molecule has 9 nitrogen and oxygen atoms in total. The minimum absolute atomic E-state index is 0.0598. The van der Waals surface area contributed by atoms with Crippen LogP contribution >= 0.6 is 23.1 Å². The number of rotatable bonds is 8. The van der Waals surface area contributed by atoms with E-state index in [1.54, 1.807) is 29.4 Å². The Balaban J connectivity index is 1.71. The van der Waals surface area contributed by atoms with Crippen LogP contribution in [0.5, 0.6) is 0 Å². The number of anilines is 3. The van der Waals surface area contributed by atoms with Gasteiger partial charge in [-0.15, -0.1) is 11.8 Å². The van der Waals surface area contributed by atoms with Gasteiger partial charge in [-0.25, -0.2) is 14.8 Å². The van der Waals surface area contributed by atoms with Crippen LogP contribution in [0, 0.1) is 5.92 Å². The zero-order chi connectivity index (χ0) is 21.5. The molecule has 3 N–H and O–H groups in total. The topological polar surface area (TPSA) is 125 Å². The van der Waals surface area contributed by atoms with Gasteiger partial charge in [0.2, 0.25) is 5.91 Å². The smallest absolute Gasteiger partial charge is 0.328 e. The number of carbonyl (C=O) groups excluding carboxylic acids is 2. The summed E-state index contributed by atoms with van der Waals surface area (Å²) in [6.45, 7) is 1.98. The Morgan fingerprint density at radius 1 is 1.20 bits per heavy atom. The number of urea groups is 1. The maximum atomic E-state index is 13.0. The van der Waals surface area contributed by atoms with Crippen LogP contribution in [-0.4, -0.2) is 45.3 Å². The summed E-state index contributed by atoms with van der Waals surface area (Å²) in [6, 6.07) is 3.10. The second kappa shape index (κ2) is 10.4. The molecule has 0 saturated heterocycles. The number of thiazole rings is 1. The molecule has 0 atom stereocenters. The highest BCUT2D eigenvalue weighted by molar-refractivity contribution is 8.01. The quantitative estimate of drug-likeness (QED) is 0.522. The summed E-state index contributed by atoms with van der Waals surface area (Å²) >= 11 is 2.40. The highest BCUT2D eigenvalue weighted by atomic mass is 32.2. The first-order valence-electron chi connectivity index (χ1n) is 9.53. The molecule has 0 aromatic carbocycles. The number of carboxylic acids is 1. The number of carbonyl (C=O) groups is 3. The number of aromatic nitrogens is 2. The van der Waals surface area contributed by atoms with Crippen LogP contribution in [0.1, 0.15) is 32.6 Å². The van der Waals surface area contributed by atoms with Crippen molar-refractivity contribution >= 4 is 57.6 Å². The van der Waals surface area contributed by atoms with Crippen LogP contribution in [0.2, 0.25) is 0 Å². The molecule has 2 aromatic rings. The first kappa shape index (κ1) is 22.0. The van der Waals surface area contributed by atoms with E-state index in [2.05, 4.69) is 20.6 Å². The second-order valence-corrected chi connectivity index (χ2v) is 9.25. The third-order valence-electron chi connectivity index (χ3n) is 4.56. The van der Waals surface area contributed by atoms with Gasteiger partial charge in [0.25, 0.3) is 0 Å². The van der Waals surface area contributed by atoms with Gasteiger partial charge >= 0.3 is 12.0 Å². The van der Waals surface area contributed by atoms with Gasteiger partial charge in [-0.05, 0) is 30.9 Å². The Morgan fingerprint density at radius 2 is 1.97 bits per heavy atom. The molecule has 1 aliphatic rings. The third-order valence-corrected chi connectivity index (χ3v) is 6.65. The van der Waals surface area contributed by atoms with Crippen molar-refractivity contribution in [3.05, 3.63) is 24.5 Å². The lowest BCUT2D eigenvalue weighted by molar-refractivity contribution is -0.133. The number of amides is 3. The van der Waals surface area contributed by atoms with Crippen LogP contribution in [0.3, 0.4) is 0 Å². The van der Waals surface area contributed by atoms with Crippen molar-refractivity contribution in [2.24, 2.45) is 5.92 Å². The Bertz CT molecular complexity index is 897. The molecule has 2 aromatic heterocycles. The summed E-state index contributed by atoms with van der Waals surface area (Å²) < 4.78 is 0.719. The Kier molecular flexibility index (Phi) is 7.63. The van der Waals surface area contributed by atoms with Gasteiger partial charge in [0, 0.05) is 13.5 Å². The molecule has 0 bridgehead atoms. The molecule has 2 heterocycles. The highest BCUT2D eigenvalue weighted by Gasteiger charge is 2.24. The minimum Gasteiger partial charge on any atom is -0.481 e. The molecule has 1 aliphatic carbocycles. The molecule has 30 heavy (non-hydrogen) atoms. The van der Waals surface area contributed by atoms with E-state index in [1.165, 1.54) is 18.3 Å². The molecule has 3 amide bonds. The second-order valence-electron chi connectivity index (χ2n) is 6.94. The van der Waals surface area contributed by atoms with E-state index in [4.69, 9.17) is 5.11 Å². The molecule has 1 saturated carbocycles. The summed E-state index contributed by atoms with van der Waals surface area (Å²) in [4.78, 5) is 45.0. The van der Waals surface area contributed by atoms with Crippen molar-refractivity contribution in [3.63, 3.8) is 0 Å². The average molecular weight is 450 g/mol. The molecular weight excluding hydrogens is 426 g/mol. The van der Waals surface area contributed by atoms with Crippen LogP contribution in [0.4, 0.5) is 21.4 Å². The van der Waals surface area contributed by atoms with E-state index in [-0.39, 0.29) is 17.7 Å². The fraction of sp³-hybridized carbons (Fsp3) is 0.421. The number of hydrogen-bond acceptors (Lipinski definition) is 7. The predicted octanol–water partition coefficient (Wildman–Crippen LogP) is 3.90. The van der Waals surface area contributed by atoms with Crippen LogP contribution in [0.15, 0.2) is 28.7 Å². The molecule has 1 fully saturated rings. The maximum absolute atomic E-state index is 13.0. The molecule has 0 spiro atoms. The van der Waals surface area contributed by atoms with Gasteiger partial charge < -0.3 is 10.4 Å². The van der Waals surface area contributed by atoms with Crippen molar-refractivity contribution in [2.45, 2.75) is 36.8 Å². The van der Waals surface area contributed by atoms with Crippen molar-refractivity contribution in [2.75, 3.05) is 27.8 Å². The number of carboxylic acid groups (broad SMARTS) is 1. The third kappa shape index (κ3) is 6.42. The number of thioether (sulfide) groups is 1. The van der Waals surface area contributed by atoms with Crippen LogP contribution < -0.4 is 15.5 Å². The SMILES string of the molecule is CC(=O)Nc1ccc(N(CC2CCCC2)C(=O)Nc2ncc(SCC(=O)O)s2)cn1. The lowest BCUT2D eigenvalue weighted by Gasteiger charge is -2.25. The van der Waals surface area contributed by atoms with E-state index in [9.17, 15) is 14.4 Å². The lowest BCUT2D eigenvalue weighted by Crippen LogP contribution is -2.38. The molecule has 0 aliphatic heterocycles. The molecule has 0 unspecified atom stereocenters. The Labute approximate surface area is 182 Å². The van der Waals surface area contributed by atoms with Gasteiger partial charge in [0.15, 0.2) is 5.13 Å². The Hall–Kier alpha value is -2.66. The van der Waals surface area contributed by atoms with Crippen molar-refractivity contribution in [1.82, 2.24) is 9.97 Å². The van der Waals surface area contributed by atoms with Crippen molar-refractivity contribution < 1.29 is 19.5 Å². The predicted molar refractivity (Wildman–Crippen MR) is 117 cm³/mol. The van der Waals surface area contributed by atoms with Gasteiger partial charge in [-0.2, -0.15) is 0 Å². The summed E-state index contributed by atoms with van der Waals surface area (Å²) in [7, 11) is 0. The van der Waals surface area contributed by atoms with Gasteiger partial charge in [0.1, 0.15) is 5.82 Å². The molecule has 11 heteroatoms. The molecule has 3 rings (SSSR count). The van der Waals surface area contributed by atoms with Gasteiger partial charge in [-0.1, -0.05) is 24.2 Å². The van der Waals surface area contributed by atoms with Crippen molar-refractivity contribution in [1.29, 1.82) is 0 Å². The summed E-state index contributed by atoms with van der Waals surface area (Å²) in [6.07, 6.45) is 7.60. The monoisotopic (exact) mass is 449 g/mol. The van der Waals surface area contributed by atoms with E-state index < -0.39 is 5.97 Å². The highest BCUT2D eigenvalue weighted by Crippen LogP contribution is 2.30. The molecular formula is C19H23N5O4S2. The fourth-order valence-corrected chi connectivity index (χ4v) is 4.81. The number of aliphatic carboxylic acids is 1. The van der Waals surface area contributed by atoms with E-state index in [0.29, 0.717) is 29.1 Å². The van der Waals surface area contributed by atoms with E-state index in [1.807, 2.05) is 0 Å². The summed E-state index contributed by atoms with van der Waals surface area (Å²) in [5.41, 5.74) is 0.630. The maximum Gasteiger partial charge on any atom is 0.328 e. The van der Waals surface area contributed by atoms with Crippen LogP contribution in [0.25, 0.3) is 0 Å². The van der Waals surface area contributed by atoms with E-state index >= 15 is 0 Å². The zero-order valence-corrected chi connectivity index (χ0v) is 18.1. The van der Waals surface area contributed by atoms with Crippen LogP contribution in [-0.2, 0) is 9.59 Å². The zero-order valence-electron chi connectivity index (χ0n) is 16.5. The normalized spacial score (nSPS) is 13.8.